The van der Waals surface area contributed by atoms with E-state index in [2.05, 4.69) is 10.2 Å². The lowest BCUT2D eigenvalue weighted by atomic mass is 10.5. The van der Waals surface area contributed by atoms with Crippen molar-refractivity contribution in [3.63, 3.8) is 0 Å². The van der Waals surface area contributed by atoms with Gasteiger partial charge >= 0.3 is 5.13 Å². The lowest BCUT2D eigenvalue weighted by molar-refractivity contribution is 0.0844. The minimum absolute atomic E-state index is 0.0273. The number of aliphatic hydroxyl groups excluding tert-OH is 1. The Labute approximate surface area is 102 Å². The molecule has 17 heavy (non-hydrogen) atoms. The number of hydrogen-bond donors (Lipinski definition) is 1. The fourth-order valence-electron chi connectivity index (χ4n) is 1.61. The van der Waals surface area contributed by atoms with Crippen LogP contribution in [0.2, 0.25) is 0 Å². The molecule has 1 aliphatic rings. The zero-order valence-electron chi connectivity index (χ0n) is 9.27. The smallest absolute Gasteiger partial charge is 0.310 e. The predicted octanol–water partition coefficient (Wildman–Crippen LogP) is -1.03. The Morgan fingerprint density at radius 2 is 2.24 bits per heavy atom. The van der Waals surface area contributed by atoms with Gasteiger partial charge in [-0.15, -0.1) is 5.10 Å². The number of nitrogens with zero attached hydrogens (tertiary/aromatic N) is 4. The highest BCUT2D eigenvalue weighted by molar-refractivity contribution is 7.92. The molecule has 0 saturated carbocycles. The Morgan fingerprint density at radius 1 is 1.59 bits per heavy atom. The Hall–Kier alpha value is -0.650. The van der Waals surface area contributed by atoms with Gasteiger partial charge in [0.1, 0.15) is 6.67 Å². The quantitative estimate of drug-likeness (QED) is 0.545. The van der Waals surface area contributed by atoms with Gasteiger partial charge in [-0.3, -0.25) is 9.55 Å². The number of aliphatic hydroxyl groups is 1. The predicted molar refractivity (Wildman–Crippen MR) is 61.7 cm³/mol. The normalized spacial score (nSPS) is 30.9. The van der Waals surface area contributed by atoms with E-state index >= 15 is 0 Å². The first kappa shape index (κ1) is 12.8. The van der Waals surface area contributed by atoms with Crippen LogP contribution >= 0.6 is 11.3 Å². The van der Waals surface area contributed by atoms with E-state index in [4.69, 9.17) is 0 Å². The maximum Gasteiger partial charge on any atom is 0.310 e. The van der Waals surface area contributed by atoms with Crippen LogP contribution in [0.15, 0.2) is 4.34 Å². The summed E-state index contributed by atoms with van der Waals surface area (Å²) >= 11 is 0.705. The summed E-state index contributed by atoms with van der Waals surface area (Å²) in [5.74, 6) is 0. The van der Waals surface area contributed by atoms with E-state index in [1.807, 2.05) is 0 Å². The summed E-state index contributed by atoms with van der Waals surface area (Å²) in [5, 5.41) is 29.1. The van der Waals surface area contributed by atoms with E-state index in [9.17, 15) is 18.7 Å². The van der Waals surface area contributed by atoms with Crippen molar-refractivity contribution in [2.75, 3.05) is 26.5 Å². The number of hydrogen-bond acceptors (Lipinski definition) is 8. The van der Waals surface area contributed by atoms with Gasteiger partial charge in [0.05, 0.1) is 6.54 Å². The molecule has 0 bridgehead atoms. The van der Waals surface area contributed by atoms with Gasteiger partial charge < -0.3 is 10.3 Å². The lowest BCUT2D eigenvalue weighted by Crippen LogP contribution is -2.48. The summed E-state index contributed by atoms with van der Waals surface area (Å²) in [6.07, 6.45) is -0.167. The number of sulfone groups is 1. The van der Waals surface area contributed by atoms with Crippen molar-refractivity contribution in [3.8, 4) is 0 Å². The molecule has 1 aromatic rings. The van der Waals surface area contributed by atoms with Crippen molar-refractivity contribution >= 4 is 26.3 Å². The Kier molecular flexibility index (Phi) is 2.96. The first-order chi connectivity index (χ1) is 7.73. The molecular weight excluding hydrogens is 268 g/mol. The van der Waals surface area contributed by atoms with Crippen LogP contribution in [0.25, 0.3) is 0 Å². The molecule has 0 amide bonds. The fraction of sp³-hybridized carbons (Fsp3) is 0.714. The molecule has 0 aromatic carbocycles. The largest absolute Gasteiger partial charge is 0.623 e. The molecule has 2 atom stereocenters. The van der Waals surface area contributed by atoms with Crippen molar-refractivity contribution in [3.05, 3.63) is 5.21 Å². The van der Waals surface area contributed by atoms with Crippen LogP contribution < -0.4 is 4.65 Å². The van der Waals surface area contributed by atoms with E-state index in [1.165, 1.54) is 0 Å². The standard InChI is InChI=1S/C7H12N4O4S2/c1-10-3-5(12)11(13,4-10)6-8-9-7(16-6)17(2,14)15/h5,12H,3-4H2,1-2H3. The molecule has 1 aliphatic heterocycles. The summed E-state index contributed by atoms with van der Waals surface area (Å²) in [6.45, 7) is 0.247. The van der Waals surface area contributed by atoms with E-state index in [0.717, 1.165) is 6.26 Å². The molecule has 1 aromatic heterocycles. The van der Waals surface area contributed by atoms with Gasteiger partial charge in [0, 0.05) is 6.26 Å². The van der Waals surface area contributed by atoms with Gasteiger partial charge in [-0.1, -0.05) is 5.10 Å². The van der Waals surface area contributed by atoms with Gasteiger partial charge in [-0.2, -0.15) is 0 Å². The van der Waals surface area contributed by atoms with Gasteiger partial charge in [0.25, 0.3) is 0 Å². The molecule has 10 heteroatoms. The molecule has 8 nitrogen and oxygen atoms in total. The van der Waals surface area contributed by atoms with Crippen LogP contribution in [0.4, 0.5) is 5.13 Å². The monoisotopic (exact) mass is 280 g/mol. The van der Waals surface area contributed by atoms with Crippen LogP contribution in [-0.4, -0.2) is 61.4 Å². The van der Waals surface area contributed by atoms with Gasteiger partial charge in [0.2, 0.25) is 20.4 Å². The third-order valence-electron chi connectivity index (χ3n) is 2.44. The van der Waals surface area contributed by atoms with Crippen molar-refractivity contribution in [2.45, 2.75) is 10.6 Å². The molecule has 2 unspecified atom stereocenters. The first-order valence-corrected chi connectivity index (χ1v) is 7.44. The fourth-order valence-corrected chi connectivity index (χ4v) is 3.29. The number of β-amino-alcohol motifs (C(OH)–C–C–N with tert-alkyl or cyclic N) is 1. The van der Waals surface area contributed by atoms with Gasteiger partial charge in [0.15, 0.2) is 0 Å². The molecule has 0 spiro atoms. The molecule has 0 radical (unpaired) electrons. The number of quaternary nitrogens is 1. The van der Waals surface area contributed by atoms with E-state index < -0.39 is 20.7 Å². The number of hydroxylamine groups is 2. The first-order valence-electron chi connectivity index (χ1n) is 4.73. The number of rotatable bonds is 2. The summed E-state index contributed by atoms with van der Waals surface area (Å²) in [6, 6.07) is 0. The SMILES string of the molecule is CN1CC(O)[N+]([O-])(c2nnc(S(C)(=O)=O)s2)C1. The maximum atomic E-state index is 12.3. The highest BCUT2D eigenvalue weighted by atomic mass is 32.2. The van der Waals surface area contributed by atoms with Crippen LogP contribution in [0, 0.1) is 5.21 Å². The average molecular weight is 280 g/mol. The second-order valence-corrected chi connectivity index (χ2v) is 7.22. The minimum Gasteiger partial charge on any atom is -0.623 e. The van der Waals surface area contributed by atoms with Crippen LogP contribution in [0.1, 0.15) is 0 Å². The van der Waals surface area contributed by atoms with Gasteiger partial charge in [-0.25, -0.2) is 8.42 Å². The van der Waals surface area contributed by atoms with Gasteiger partial charge in [-0.05, 0) is 18.4 Å². The summed E-state index contributed by atoms with van der Waals surface area (Å²) in [4.78, 5) is 1.65. The maximum absolute atomic E-state index is 12.3. The Balaban J connectivity index is 2.38. The van der Waals surface area contributed by atoms with Crippen molar-refractivity contribution in [2.24, 2.45) is 0 Å². The lowest BCUT2D eigenvalue weighted by Gasteiger charge is -2.36. The molecule has 1 saturated heterocycles. The van der Waals surface area contributed by atoms with E-state index in [1.54, 1.807) is 11.9 Å². The van der Waals surface area contributed by atoms with Crippen molar-refractivity contribution < 1.29 is 13.5 Å². The third kappa shape index (κ3) is 2.19. The molecule has 2 rings (SSSR count). The second-order valence-electron chi connectivity index (χ2n) is 4.08. The van der Waals surface area contributed by atoms with Crippen molar-refractivity contribution in [1.29, 1.82) is 0 Å². The molecule has 2 heterocycles. The number of aromatic nitrogens is 2. The topological polar surface area (TPSA) is 106 Å². The average Bonchev–Trinajstić information content (AvgIpc) is 2.72. The van der Waals surface area contributed by atoms with Crippen LogP contribution in [0.3, 0.4) is 0 Å². The summed E-state index contributed by atoms with van der Waals surface area (Å²) in [7, 11) is -1.77. The highest BCUT2D eigenvalue weighted by Gasteiger charge is 2.42. The Morgan fingerprint density at radius 3 is 2.65 bits per heavy atom. The minimum atomic E-state index is -3.47. The van der Waals surface area contributed by atoms with Crippen LogP contribution in [0.5, 0.6) is 0 Å². The zero-order valence-corrected chi connectivity index (χ0v) is 10.9. The molecule has 1 fully saturated rings. The third-order valence-corrected chi connectivity index (χ3v) is 5.15. The number of likely N-dealkylation sites (N-methyl/N-ethyl adjacent to an activating group) is 1. The molecule has 1 N–H and O–H groups in total. The summed E-state index contributed by atoms with van der Waals surface area (Å²) in [5.41, 5.74) is 0. The highest BCUT2D eigenvalue weighted by Crippen LogP contribution is 2.33. The Bertz CT molecular complexity index is 530. The summed E-state index contributed by atoms with van der Waals surface area (Å²) < 4.78 is 21.2. The molecule has 96 valence electrons. The molecular formula is C7H12N4O4S2. The van der Waals surface area contributed by atoms with E-state index in [0.29, 0.717) is 11.3 Å². The van der Waals surface area contributed by atoms with Crippen LogP contribution in [-0.2, 0) is 9.84 Å². The zero-order chi connectivity index (χ0) is 12.8. The second kappa shape index (κ2) is 3.93. The molecule has 0 aliphatic carbocycles. The van der Waals surface area contributed by atoms with E-state index in [-0.39, 0.29) is 22.7 Å². The van der Waals surface area contributed by atoms with Crippen molar-refractivity contribution in [1.82, 2.24) is 19.7 Å².